The van der Waals surface area contributed by atoms with Crippen molar-refractivity contribution in [2.45, 2.75) is 37.3 Å². The third-order valence-corrected chi connectivity index (χ3v) is 4.66. The highest BCUT2D eigenvalue weighted by molar-refractivity contribution is 7.90. The maximum atomic E-state index is 12.3. The van der Waals surface area contributed by atoms with Gasteiger partial charge in [-0.15, -0.1) is 5.10 Å². The molecule has 1 aromatic carbocycles. The lowest BCUT2D eigenvalue weighted by atomic mass is 10.1. The van der Waals surface area contributed by atoms with Gasteiger partial charge in [0.25, 0.3) is 0 Å². The molecule has 1 aromatic heterocycles. The third-order valence-electron chi connectivity index (χ3n) is 3.00. The lowest BCUT2D eigenvalue weighted by Gasteiger charge is -2.08. The normalized spacial score (nSPS) is 13.5. The fourth-order valence-electron chi connectivity index (χ4n) is 1.97. The van der Waals surface area contributed by atoms with Gasteiger partial charge in [0.15, 0.2) is 0 Å². The molecule has 0 unspecified atom stereocenters. The van der Waals surface area contributed by atoms with Gasteiger partial charge in [-0.05, 0) is 30.0 Å². The van der Waals surface area contributed by atoms with Gasteiger partial charge in [0, 0.05) is 5.02 Å². The molecule has 22 heavy (non-hydrogen) atoms. The number of aromatic nitrogens is 2. The van der Waals surface area contributed by atoms with Gasteiger partial charge < -0.3 is 10.2 Å². The van der Waals surface area contributed by atoms with Crippen LogP contribution in [-0.4, -0.2) is 18.6 Å². The average Bonchev–Trinajstić information content (AvgIpc) is 2.91. The highest BCUT2D eigenvalue weighted by Crippen LogP contribution is 2.21. The molecule has 0 spiro atoms. The van der Waals surface area contributed by atoms with E-state index in [0.29, 0.717) is 22.9 Å². The first-order valence-electron chi connectivity index (χ1n) is 6.84. The monoisotopic (exact) mass is 343 g/mol. The molecule has 0 aliphatic carbocycles. The van der Waals surface area contributed by atoms with Gasteiger partial charge >= 0.3 is 5.22 Å². The Bertz CT molecular complexity index is 726. The number of hydrogen-bond acceptors (Lipinski definition) is 6. The van der Waals surface area contributed by atoms with Crippen LogP contribution < -0.4 is 5.73 Å². The number of hydrogen-bond donors (Lipinski definition) is 1. The summed E-state index contributed by atoms with van der Waals surface area (Å²) in [7, 11) is -3.71. The Labute approximate surface area is 134 Å². The van der Waals surface area contributed by atoms with E-state index in [-0.39, 0.29) is 11.6 Å². The van der Waals surface area contributed by atoms with Crippen LogP contribution >= 0.6 is 11.6 Å². The average molecular weight is 344 g/mol. The summed E-state index contributed by atoms with van der Waals surface area (Å²) < 4.78 is 29.8. The molecule has 0 fully saturated rings. The maximum Gasteiger partial charge on any atom is 0.335 e. The van der Waals surface area contributed by atoms with Crippen LogP contribution in [0.2, 0.25) is 5.02 Å². The summed E-state index contributed by atoms with van der Waals surface area (Å²) in [6.07, 6.45) is 0.638. The van der Waals surface area contributed by atoms with Crippen LogP contribution in [0.25, 0.3) is 0 Å². The van der Waals surface area contributed by atoms with Gasteiger partial charge in [-0.1, -0.05) is 42.7 Å². The van der Waals surface area contributed by atoms with Crippen LogP contribution in [0.3, 0.4) is 0 Å². The second-order valence-electron chi connectivity index (χ2n) is 5.53. The van der Waals surface area contributed by atoms with Crippen molar-refractivity contribution in [1.29, 1.82) is 0 Å². The molecule has 0 aliphatic rings. The lowest BCUT2D eigenvalue weighted by Crippen LogP contribution is -2.13. The zero-order chi connectivity index (χ0) is 16.3. The molecule has 8 heteroatoms. The van der Waals surface area contributed by atoms with Gasteiger partial charge in [-0.25, -0.2) is 8.42 Å². The number of halogens is 1. The Hall–Kier alpha value is -1.44. The van der Waals surface area contributed by atoms with Gasteiger partial charge in [0.1, 0.15) is 0 Å². The molecule has 6 nitrogen and oxygen atoms in total. The van der Waals surface area contributed by atoms with E-state index in [1.807, 2.05) is 13.8 Å². The van der Waals surface area contributed by atoms with Gasteiger partial charge in [-0.2, -0.15) is 0 Å². The number of sulfone groups is 1. The van der Waals surface area contributed by atoms with Crippen molar-refractivity contribution in [1.82, 2.24) is 10.2 Å². The molecule has 2 N–H and O–H groups in total. The minimum atomic E-state index is -3.71. The molecular formula is C14H18ClN3O3S. The maximum absolute atomic E-state index is 12.3. The fraction of sp³-hybridized carbons (Fsp3) is 0.429. The Kier molecular flexibility index (Phi) is 5.20. The van der Waals surface area contributed by atoms with E-state index < -0.39 is 21.1 Å². The van der Waals surface area contributed by atoms with Crippen LogP contribution in [0.5, 0.6) is 0 Å². The summed E-state index contributed by atoms with van der Waals surface area (Å²) in [6, 6.07) is 6.07. The van der Waals surface area contributed by atoms with Crippen molar-refractivity contribution < 1.29 is 12.8 Å². The predicted molar refractivity (Wildman–Crippen MR) is 83.0 cm³/mol. The van der Waals surface area contributed by atoms with Crippen molar-refractivity contribution in [3.05, 3.63) is 40.7 Å². The molecule has 0 amide bonds. The molecule has 1 heterocycles. The van der Waals surface area contributed by atoms with Gasteiger partial charge in [0.2, 0.25) is 15.7 Å². The van der Waals surface area contributed by atoms with Crippen molar-refractivity contribution in [2.24, 2.45) is 11.7 Å². The van der Waals surface area contributed by atoms with Crippen LogP contribution in [0.1, 0.15) is 37.8 Å². The number of nitrogens with two attached hydrogens (primary N) is 1. The molecule has 0 aliphatic heterocycles. The summed E-state index contributed by atoms with van der Waals surface area (Å²) in [5.74, 6) is 0.255. The van der Waals surface area contributed by atoms with Crippen molar-refractivity contribution >= 4 is 21.4 Å². The van der Waals surface area contributed by atoms with E-state index in [1.54, 1.807) is 24.3 Å². The molecule has 0 saturated carbocycles. The van der Waals surface area contributed by atoms with Crippen LogP contribution in [0.4, 0.5) is 0 Å². The predicted octanol–water partition coefficient (Wildman–Crippen LogP) is 2.74. The molecule has 1 atom stereocenters. The van der Waals surface area contributed by atoms with E-state index >= 15 is 0 Å². The summed E-state index contributed by atoms with van der Waals surface area (Å²) in [6.45, 7) is 4.02. The summed E-state index contributed by atoms with van der Waals surface area (Å²) >= 11 is 5.78. The zero-order valence-corrected chi connectivity index (χ0v) is 13.9. The van der Waals surface area contributed by atoms with E-state index in [2.05, 4.69) is 10.2 Å². The van der Waals surface area contributed by atoms with Gasteiger partial charge in [-0.3, -0.25) is 0 Å². The van der Waals surface area contributed by atoms with E-state index in [1.165, 1.54) is 0 Å². The van der Waals surface area contributed by atoms with Crippen molar-refractivity contribution in [3.8, 4) is 0 Å². The van der Waals surface area contributed by atoms with E-state index in [9.17, 15) is 8.42 Å². The number of nitrogens with zero attached hydrogens (tertiary/aromatic N) is 2. The summed E-state index contributed by atoms with van der Waals surface area (Å²) in [4.78, 5) is 0. The Balaban J connectivity index is 2.16. The van der Waals surface area contributed by atoms with E-state index in [4.69, 9.17) is 21.8 Å². The quantitative estimate of drug-likeness (QED) is 0.865. The molecule has 0 radical (unpaired) electrons. The standard InChI is InChI=1S/C14H18ClN3O3S/c1-9(2)7-12(16)13-17-18-14(21-13)22(19,20)8-10-3-5-11(15)6-4-10/h3-6,9,12H,7-8,16H2,1-2H3/t12-/m1/s1. The first kappa shape index (κ1) is 16.9. The van der Waals surface area contributed by atoms with Crippen LogP contribution in [-0.2, 0) is 15.6 Å². The summed E-state index contributed by atoms with van der Waals surface area (Å²) in [5, 5.41) is 7.51. The molecule has 120 valence electrons. The zero-order valence-electron chi connectivity index (χ0n) is 12.4. The van der Waals surface area contributed by atoms with Gasteiger partial charge in [0.05, 0.1) is 11.8 Å². The lowest BCUT2D eigenvalue weighted by molar-refractivity contribution is 0.352. The Morgan fingerprint density at radius 2 is 1.86 bits per heavy atom. The molecule has 2 aromatic rings. The molecular weight excluding hydrogens is 326 g/mol. The SMILES string of the molecule is CC(C)C[C@@H](N)c1nnc(S(=O)(=O)Cc2ccc(Cl)cc2)o1. The smallest absolute Gasteiger partial charge is 0.335 e. The Morgan fingerprint density at radius 1 is 1.23 bits per heavy atom. The third kappa shape index (κ3) is 4.28. The van der Waals surface area contributed by atoms with Crippen molar-refractivity contribution in [2.75, 3.05) is 0 Å². The van der Waals surface area contributed by atoms with Crippen LogP contribution in [0.15, 0.2) is 33.9 Å². The molecule has 0 saturated heterocycles. The minimum absolute atomic E-state index is 0.142. The largest absolute Gasteiger partial charge is 0.411 e. The fourth-order valence-corrected chi connectivity index (χ4v) is 3.22. The highest BCUT2D eigenvalue weighted by atomic mass is 35.5. The number of rotatable bonds is 6. The highest BCUT2D eigenvalue weighted by Gasteiger charge is 2.25. The minimum Gasteiger partial charge on any atom is -0.411 e. The molecule has 0 bridgehead atoms. The van der Waals surface area contributed by atoms with Crippen molar-refractivity contribution in [3.63, 3.8) is 0 Å². The topological polar surface area (TPSA) is 99.1 Å². The van der Waals surface area contributed by atoms with E-state index in [0.717, 1.165) is 0 Å². The second-order valence-corrected chi connectivity index (χ2v) is 7.83. The molecule has 2 rings (SSSR count). The first-order valence-corrected chi connectivity index (χ1v) is 8.87. The van der Waals surface area contributed by atoms with Crippen LogP contribution in [0, 0.1) is 5.92 Å². The Morgan fingerprint density at radius 3 is 2.45 bits per heavy atom. The first-order chi connectivity index (χ1) is 10.3. The number of benzene rings is 1. The summed E-state index contributed by atoms with van der Waals surface area (Å²) in [5.41, 5.74) is 6.51. The second kappa shape index (κ2) is 6.76.